The molecule has 2 aliphatic rings. The van der Waals surface area contributed by atoms with Gasteiger partial charge in [0.1, 0.15) is 0 Å². The van der Waals surface area contributed by atoms with E-state index in [4.69, 9.17) is 0 Å². The van der Waals surface area contributed by atoms with Crippen LogP contribution in [0.5, 0.6) is 0 Å². The van der Waals surface area contributed by atoms with Crippen LogP contribution in [0.4, 0.5) is 0 Å². The molecule has 3 rings (SSSR count). The summed E-state index contributed by atoms with van der Waals surface area (Å²) in [6, 6.07) is 10.6. The monoisotopic (exact) mass is 258 g/mol. The molecule has 3 nitrogen and oxygen atoms in total. The second kappa shape index (κ2) is 5.33. The van der Waals surface area contributed by atoms with E-state index in [-0.39, 0.29) is 11.3 Å². The van der Waals surface area contributed by atoms with Crippen molar-refractivity contribution in [1.29, 1.82) is 0 Å². The van der Waals surface area contributed by atoms with Crippen LogP contribution in [0, 0.1) is 0 Å². The number of piperidine rings is 1. The number of benzene rings is 1. The standard InChI is InChI=1S/C16H22N2O/c19-15(18-14-8-4-11-17-12-14)16(9-5-10-16)13-6-2-1-3-7-13/h1-3,6-7,14,17H,4-5,8-12H2,(H,18,19)/t14-/m0/s1. The Morgan fingerprint density at radius 3 is 2.58 bits per heavy atom. The van der Waals surface area contributed by atoms with Gasteiger partial charge in [-0.15, -0.1) is 0 Å². The molecule has 3 heteroatoms. The maximum atomic E-state index is 12.7. The molecule has 1 aliphatic carbocycles. The Morgan fingerprint density at radius 2 is 2.00 bits per heavy atom. The van der Waals surface area contributed by atoms with Crippen molar-refractivity contribution in [3.63, 3.8) is 0 Å². The molecule has 1 aliphatic heterocycles. The van der Waals surface area contributed by atoms with E-state index in [2.05, 4.69) is 22.8 Å². The molecule has 0 spiro atoms. The lowest BCUT2D eigenvalue weighted by molar-refractivity contribution is -0.130. The lowest BCUT2D eigenvalue weighted by Gasteiger charge is -2.42. The zero-order chi connectivity index (χ0) is 13.1. The van der Waals surface area contributed by atoms with Crippen LogP contribution < -0.4 is 10.6 Å². The second-order valence-corrected chi connectivity index (χ2v) is 5.82. The molecule has 1 atom stereocenters. The van der Waals surface area contributed by atoms with Crippen LogP contribution in [-0.4, -0.2) is 25.0 Å². The lowest BCUT2D eigenvalue weighted by atomic mass is 9.63. The fraction of sp³-hybridized carbons (Fsp3) is 0.562. The van der Waals surface area contributed by atoms with Crippen LogP contribution >= 0.6 is 0 Å². The number of hydrogen-bond donors (Lipinski definition) is 2. The van der Waals surface area contributed by atoms with Gasteiger partial charge in [-0.3, -0.25) is 4.79 Å². The van der Waals surface area contributed by atoms with Crippen molar-refractivity contribution in [2.75, 3.05) is 13.1 Å². The quantitative estimate of drug-likeness (QED) is 0.870. The summed E-state index contributed by atoms with van der Waals surface area (Å²) in [7, 11) is 0. The molecule has 1 amide bonds. The highest BCUT2D eigenvalue weighted by Crippen LogP contribution is 2.44. The van der Waals surface area contributed by atoms with E-state index >= 15 is 0 Å². The Hall–Kier alpha value is -1.35. The minimum absolute atomic E-state index is 0.235. The molecule has 1 saturated carbocycles. The van der Waals surface area contributed by atoms with E-state index in [0.717, 1.165) is 45.2 Å². The van der Waals surface area contributed by atoms with Crippen molar-refractivity contribution < 1.29 is 4.79 Å². The first-order valence-electron chi connectivity index (χ1n) is 7.38. The van der Waals surface area contributed by atoms with Crippen LogP contribution in [0.15, 0.2) is 30.3 Å². The molecule has 1 aromatic rings. The molecule has 1 saturated heterocycles. The van der Waals surface area contributed by atoms with Gasteiger partial charge < -0.3 is 10.6 Å². The third-order valence-electron chi connectivity index (χ3n) is 4.60. The summed E-state index contributed by atoms with van der Waals surface area (Å²) in [5, 5.41) is 6.61. The first-order chi connectivity index (χ1) is 9.31. The highest BCUT2D eigenvalue weighted by molar-refractivity contribution is 5.89. The predicted molar refractivity (Wildman–Crippen MR) is 76.0 cm³/mol. The summed E-state index contributed by atoms with van der Waals surface area (Å²) in [6.45, 7) is 1.99. The smallest absolute Gasteiger partial charge is 0.230 e. The minimum Gasteiger partial charge on any atom is -0.351 e. The largest absolute Gasteiger partial charge is 0.351 e. The molecular weight excluding hydrogens is 236 g/mol. The lowest BCUT2D eigenvalue weighted by Crippen LogP contribution is -2.55. The predicted octanol–water partition coefficient (Wildman–Crippen LogP) is 1.98. The summed E-state index contributed by atoms with van der Waals surface area (Å²) in [6.07, 6.45) is 5.39. The van der Waals surface area contributed by atoms with Gasteiger partial charge in [-0.05, 0) is 37.8 Å². The van der Waals surface area contributed by atoms with Crippen LogP contribution in [0.25, 0.3) is 0 Å². The molecule has 0 unspecified atom stereocenters. The maximum Gasteiger partial charge on any atom is 0.230 e. The van der Waals surface area contributed by atoms with Gasteiger partial charge in [-0.2, -0.15) is 0 Å². The van der Waals surface area contributed by atoms with E-state index in [9.17, 15) is 4.79 Å². The fourth-order valence-corrected chi connectivity index (χ4v) is 3.23. The molecule has 2 N–H and O–H groups in total. The van der Waals surface area contributed by atoms with E-state index < -0.39 is 0 Å². The average Bonchev–Trinajstić information content (AvgIpc) is 2.40. The van der Waals surface area contributed by atoms with Gasteiger partial charge in [0.2, 0.25) is 5.91 Å². The average molecular weight is 258 g/mol. The summed E-state index contributed by atoms with van der Waals surface area (Å²) in [4.78, 5) is 12.7. The van der Waals surface area contributed by atoms with Crippen LogP contribution in [0.1, 0.15) is 37.7 Å². The Kier molecular flexibility index (Phi) is 3.56. The third kappa shape index (κ3) is 2.39. The summed E-state index contributed by atoms with van der Waals surface area (Å²) in [5.41, 5.74) is 0.932. The molecule has 1 heterocycles. The van der Waals surface area contributed by atoms with E-state index in [1.807, 2.05) is 18.2 Å². The van der Waals surface area contributed by atoms with Gasteiger partial charge in [0.15, 0.2) is 0 Å². The summed E-state index contributed by atoms with van der Waals surface area (Å²) >= 11 is 0. The number of amides is 1. The van der Waals surface area contributed by atoms with E-state index in [0.29, 0.717) is 6.04 Å². The first-order valence-corrected chi connectivity index (χ1v) is 7.38. The van der Waals surface area contributed by atoms with Gasteiger partial charge in [-0.25, -0.2) is 0 Å². The number of carbonyl (C=O) groups is 1. The maximum absolute atomic E-state index is 12.7. The van der Waals surface area contributed by atoms with Crippen LogP contribution in [0.2, 0.25) is 0 Å². The van der Waals surface area contributed by atoms with Gasteiger partial charge in [0, 0.05) is 12.6 Å². The number of rotatable bonds is 3. The van der Waals surface area contributed by atoms with Crippen molar-refractivity contribution in [3.8, 4) is 0 Å². The summed E-state index contributed by atoms with van der Waals surface area (Å²) in [5.74, 6) is 0.235. The van der Waals surface area contributed by atoms with Crippen molar-refractivity contribution in [2.45, 2.75) is 43.6 Å². The second-order valence-electron chi connectivity index (χ2n) is 5.82. The first kappa shape index (κ1) is 12.7. The normalized spacial score (nSPS) is 25.4. The van der Waals surface area contributed by atoms with Crippen molar-refractivity contribution in [3.05, 3.63) is 35.9 Å². The van der Waals surface area contributed by atoms with Gasteiger partial charge in [0.05, 0.1) is 5.41 Å². The van der Waals surface area contributed by atoms with Crippen LogP contribution in [0.3, 0.4) is 0 Å². The molecule has 0 radical (unpaired) electrons. The molecule has 0 bridgehead atoms. The van der Waals surface area contributed by atoms with E-state index in [1.54, 1.807) is 0 Å². The molecule has 0 aromatic heterocycles. The number of hydrogen-bond acceptors (Lipinski definition) is 2. The molecule has 102 valence electrons. The van der Waals surface area contributed by atoms with Gasteiger partial charge >= 0.3 is 0 Å². The Bertz CT molecular complexity index is 433. The Labute approximate surface area is 114 Å². The molecule has 1 aromatic carbocycles. The number of nitrogens with one attached hydrogen (secondary N) is 2. The van der Waals surface area contributed by atoms with Crippen molar-refractivity contribution >= 4 is 5.91 Å². The van der Waals surface area contributed by atoms with Gasteiger partial charge in [0.25, 0.3) is 0 Å². The minimum atomic E-state index is -0.251. The zero-order valence-electron chi connectivity index (χ0n) is 11.3. The zero-order valence-corrected chi connectivity index (χ0v) is 11.3. The highest BCUT2D eigenvalue weighted by atomic mass is 16.2. The molecule has 19 heavy (non-hydrogen) atoms. The van der Waals surface area contributed by atoms with Crippen molar-refractivity contribution in [2.24, 2.45) is 0 Å². The third-order valence-corrected chi connectivity index (χ3v) is 4.60. The number of carbonyl (C=O) groups excluding carboxylic acids is 1. The highest BCUT2D eigenvalue weighted by Gasteiger charge is 2.45. The Morgan fingerprint density at radius 1 is 1.21 bits per heavy atom. The molecule has 2 fully saturated rings. The SMILES string of the molecule is O=C(N[C@H]1CCCNC1)C1(c2ccccc2)CCC1. The van der Waals surface area contributed by atoms with Crippen molar-refractivity contribution in [1.82, 2.24) is 10.6 Å². The van der Waals surface area contributed by atoms with Crippen LogP contribution in [-0.2, 0) is 10.2 Å². The van der Waals surface area contributed by atoms with Gasteiger partial charge in [-0.1, -0.05) is 36.8 Å². The topological polar surface area (TPSA) is 41.1 Å². The Balaban J connectivity index is 1.73. The summed E-state index contributed by atoms with van der Waals surface area (Å²) < 4.78 is 0. The molecular formula is C16H22N2O. The van der Waals surface area contributed by atoms with E-state index in [1.165, 1.54) is 5.56 Å². The fourth-order valence-electron chi connectivity index (χ4n) is 3.23.